The van der Waals surface area contributed by atoms with E-state index in [9.17, 15) is 10.2 Å². The predicted octanol–water partition coefficient (Wildman–Crippen LogP) is 2.45. The van der Waals surface area contributed by atoms with Gasteiger partial charge in [0.2, 0.25) is 0 Å². The maximum atomic E-state index is 9.18. The second kappa shape index (κ2) is 2.80. The first-order valence-corrected chi connectivity index (χ1v) is 3.82. The topological polar surface area (TPSA) is 40.5 Å². The molecule has 0 aliphatic carbocycles. The summed E-state index contributed by atoms with van der Waals surface area (Å²) in [7, 11) is 0. The highest BCUT2D eigenvalue weighted by atomic mass is 32.1. The van der Waals surface area contributed by atoms with Crippen molar-refractivity contribution in [2.45, 2.75) is 0 Å². The van der Waals surface area contributed by atoms with Crippen molar-refractivity contribution in [1.82, 2.24) is 0 Å². The van der Waals surface area contributed by atoms with Crippen LogP contribution in [-0.2, 0) is 0 Å². The Morgan fingerprint density at radius 3 is 1.64 bits per heavy atom. The smallest absolute Gasteiger partial charge is 0.182 e. The number of hydrogen-bond donors (Lipinski definition) is 2. The van der Waals surface area contributed by atoms with Crippen molar-refractivity contribution < 1.29 is 10.2 Å². The number of hydrogen-bond acceptors (Lipinski definition) is 3. The standard InChI is InChI=1S/C8H8O2S/c1-3-5-6(4-2)8(10)11-7(5)9/h3-4,9-10H,1-2H2. The summed E-state index contributed by atoms with van der Waals surface area (Å²) in [5, 5.41) is 18.5. The van der Waals surface area contributed by atoms with Crippen LogP contribution in [0.3, 0.4) is 0 Å². The van der Waals surface area contributed by atoms with Gasteiger partial charge in [-0.1, -0.05) is 36.6 Å². The van der Waals surface area contributed by atoms with Gasteiger partial charge in [0.05, 0.1) is 0 Å². The third kappa shape index (κ3) is 1.14. The Balaban J connectivity index is 3.39. The van der Waals surface area contributed by atoms with Crippen LogP contribution >= 0.6 is 11.3 Å². The van der Waals surface area contributed by atoms with Crippen molar-refractivity contribution in [3.8, 4) is 10.1 Å². The molecule has 0 spiro atoms. The van der Waals surface area contributed by atoms with Crippen LogP contribution in [0.5, 0.6) is 10.1 Å². The van der Waals surface area contributed by atoms with Gasteiger partial charge < -0.3 is 10.2 Å². The summed E-state index contributed by atoms with van der Waals surface area (Å²) in [5.41, 5.74) is 1.09. The Hall–Kier alpha value is -1.22. The van der Waals surface area contributed by atoms with Crippen molar-refractivity contribution in [1.29, 1.82) is 0 Å². The molecule has 1 rings (SSSR count). The Bertz CT molecular complexity index is 271. The van der Waals surface area contributed by atoms with Crippen molar-refractivity contribution in [2.24, 2.45) is 0 Å². The van der Waals surface area contributed by atoms with Crippen molar-refractivity contribution in [3.63, 3.8) is 0 Å². The molecule has 0 unspecified atom stereocenters. The largest absolute Gasteiger partial charge is 0.499 e. The van der Waals surface area contributed by atoms with Gasteiger partial charge in [0.25, 0.3) is 0 Å². The summed E-state index contributed by atoms with van der Waals surface area (Å²) >= 11 is 0.914. The Kier molecular flexibility index (Phi) is 2.01. The molecule has 1 aromatic heterocycles. The first kappa shape index (κ1) is 7.88. The molecule has 0 saturated carbocycles. The maximum absolute atomic E-state index is 9.18. The molecule has 1 aromatic rings. The lowest BCUT2D eigenvalue weighted by Crippen LogP contribution is -1.70. The minimum absolute atomic E-state index is 0.0763. The van der Waals surface area contributed by atoms with Crippen LogP contribution in [0.1, 0.15) is 11.1 Å². The molecule has 0 bridgehead atoms. The van der Waals surface area contributed by atoms with Crippen molar-refractivity contribution in [2.75, 3.05) is 0 Å². The van der Waals surface area contributed by atoms with Crippen LogP contribution in [0.2, 0.25) is 0 Å². The van der Waals surface area contributed by atoms with Crippen LogP contribution in [-0.4, -0.2) is 10.2 Å². The fraction of sp³-hybridized carbons (Fsp3) is 0. The third-order valence-electron chi connectivity index (χ3n) is 1.35. The zero-order valence-corrected chi connectivity index (χ0v) is 6.69. The molecule has 0 saturated heterocycles. The van der Waals surface area contributed by atoms with Gasteiger partial charge in [0, 0.05) is 11.1 Å². The highest BCUT2D eigenvalue weighted by Crippen LogP contribution is 2.40. The summed E-state index contributed by atoms with van der Waals surface area (Å²) in [5.74, 6) is 0. The lowest BCUT2D eigenvalue weighted by molar-refractivity contribution is 0.487. The van der Waals surface area contributed by atoms with E-state index in [-0.39, 0.29) is 10.1 Å². The van der Waals surface area contributed by atoms with Gasteiger partial charge in [-0.05, 0) is 0 Å². The van der Waals surface area contributed by atoms with E-state index in [2.05, 4.69) is 13.2 Å². The summed E-state index contributed by atoms with van der Waals surface area (Å²) in [6, 6.07) is 0. The zero-order chi connectivity index (χ0) is 8.43. The molecule has 1 heterocycles. The molecule has 0 amide bonds. The van der Waals surface area contributed by atoms with E-state index in [1.807, 2.05) is 0 Å². The highest BCUT2D eigenvalue weighted by Gasteiger charge is 2.11. The minimum atomic E-state index is 0.0763. The summed E-state index contributed by atoms with van der Waals surface area (Å²) in [6.07, 6.45) is 2.98. The quantitative estimate of drug-likeness (QED) is 0.712. The van der Waals surface area contributed by atoms with E-state index in [4.69, 9.17) is 0 Å². The average Bonchev–Trinajstić information content (AvgIpc) is 2.24. The lowest BCUT2D eigenvalue weighted by atomic mass is 10.2. The number of rotatable bonds is 2. The molecular formula is C8H8O2S. The Labute approximate surface area is 68.7 Å². The van der Waals surface area contributed by atoms with E-state index < -0.39 is 0 Å². The van der Waals surface area contributed by atoms with Gasteiger partial charge in [-0.15, -0.1) is 0 Å². The van der Waals surface area contributed by atoms with E-state index in [1.165, 1.54) is 12.2 Å². The molecule has 0 fully saturated rings. The first-order valence-electron chi connectivity index (χ1n) is 3.00. The second-order valence-electron chi connectivity index (χ2n) is 1.95. The second-order valence-corrected chi connectivity index (χ2v) is 2.93. The first-order chi connectivity index (χ1) is 5.20. The maximum Gasteiger partial charge on any atom is 0.182 e. The van der Waals surface area contributed by atoms with Gasteiger partial charge >= 0.3 is 0 Å². The number of aromatic hydroxyl groups is 2. The van der Waals surface area contributed by atoms with Crippen LogP contribution in [0.15, 0.2) is 13.2 Å². The molecule has 11 heavy (non-hydrogen) atoms. The molecule has 0 aliphatic rings. The fourth-order valence-corrected chi connectivity index (χ4v) is 1.62. The van der Waals surface area contributed by atoms with Crippen LogP contribution in [0.4, 0.5) is 0 Å². The monoisotopic (exact) mass is 168 g/mol. The van der Waals surface area contributed by atoms with E-state index in [0.717, 1.165) is 11.3 Å². The van der Waals surface area contributed by atoms with Crippen molar-refractivity contribution in [3.05, 3.63) is 24.3 Å². The average molecular weight is 168 g/mol. The molecule has 2 nitrogen and oxygen atoms in total. The molecule has 0 atom stereocenters. The van der Waals surface area contributed by atoms with Gasteiger partial charge in [-0.3, -0.25) is 0 Å². The van der Waals surface area contributed by atoms with Gasteiger partial charge in [0.15, 0.2) is 10.1 Å². The van der Waals surface area contributed by atoms with E-state index in [0.29, 0.717) is 11.1 Å². The summed E-state index contributed by atoms with van der Waals surface area (Å²) < 4.78 is 0. The summed E-state index contributed by atoms with van der Waals surface area (Å²) in [4.78, 5) is 0. The molecule has 0 radical (unpaired) electrons. The molecule has 0 aromatic carbocycles. The zero-order valence-electron chi connectivity index (χ0n) is 5.87. The third-order valence-corrected chi connectivity index (χ3v) is 2.18. The highest BCUT2D eigenvalue weighted by molar-refractivity contribution is 7.16. The Morgan fingerprint density at radius 1 is 1.00 bits per heavy atom. The van der Waals surface area contributed by atoms with Crippen molar-refractivity contribution >= 4 is 23.5 Å². The van der Waals surface area contributed by atoms with E-state index in [1.54, 1.807) is 0 Å². The van der Waals surface area contributed by atoms with Crippen LogP contribution in [0.25, 0.3) is 12.2 Å². The van der Waals surface area contributed by atoms with Gasteiger partial charge in [0.1, 0.15) is 0 Å². The van der Waals surface area contributed by atoms with Crippen LogP contribution in [0, 0.1) is 0 Å². The summed E-state index contributed by atoms with van der Waals surface area (Å²) in [6.45, 7) is 7.00. The van der Waals surface area contributed by atoms with Gasteiger partial charge in [-0.25, -0.2) is 0 Å². The molecule has 58 valence electrons. The molecule has 3 heteroatoms. The molecule has 2 N–H and O–H groups in total. The normalized spacial score (nSPS) is 9.45. The van der Waals surface area contributed by atoms with E-state index >= 15 is 0 Å². The minimum Gasteiger partial charge on any atom is -0.499 e. The molecule has 0 aliphatic heterocycles. The SMILES string of the molecule is C=Cc1c(O)sc(O)c1C=C. The Morgan fingerprint density at radius 2 is 1.36 bits per heavy atom. The van der Waals surface area contributed by atoms with Crippen LogP contribution < -0.4 is 0 Å². The predicted molar refractivity (Wildman–Crippen MR) is 47.8 cm³/mol. The van der Waals surface area contributed by atoms with Gasteiger partial charge in [-0.2, -0.15) is 0 Å². The number of thiophene rings is 1. The fourth-order valence-electron chi connectivity index (χ4n) is 0.826. The molecular weight excluding hydrogens is 160 g/mol. The lowest BCUT2D eigenvalue weighted by Gasteiger charge is -1.90.